The fraction of sp³-hybridized carbons (Fsp3) is 0.409. The maximum Gasteiger partial charge on any atom is 0.313 e. The van der Waals surface area contributed by atoms with E-state index in [-0.39, 0.29) is 31.2 Å². The van der Waals surface area contributed by atoms with Crippen LogP contribution in [0, 0.1) is 25.7 Å². The molecule has 10 nitrogen and oxygen atoms in total. The fourth-order valence-electron chi connectivity index (χ4n) is 8.70. The Bertz CT molecular complexity index is 1870. The van der Waals surface area contributed by atoms with Gasteiger partial charge >= 0.3 is 5.97 Å². The van der Waals surface area contributed by atoms with Gasteiger partial charge in [-0.15, -0.1) is 13.2 Å². The molecular weight excluding hydrogens is 682 g/mol. The maximum absolute atomic E-state index is 15.2. The molecule has 10 heteroatoms. The van der Waals surface area contributed by atoms with Crippen LogP contribution in [0.15, 0.2) is 104 Å². The van der Waals surface area contributed by atoms with Crippen LogP contribution in [-0.4, -0.2) is 76.7 Å². The molecule has 3 heterocycles. The Morgan fingerprint density at radius 2 is 1.76 bits per heavy atom. The van der Waals surface area contributed by atoms with E-state index in [1.165, 1.54) is 4.90 Å². The van der Waals surface area contributed by atoms with E-state index in [4.69, 9.17) is 9.47 Å². The first-order chi connectivity index (χ1) is 26.0. The molecule has 284 valence electrons. The topological polar surface area (TPSA) is 125 Å². The number of carbonyl (C=O) groups excluding carboxylic acids is 4. The Morgan fingerprint density at radius 3 is 2.43 bits per heavy atom. The summed E-state index contributed by atoms with van der Waals surface area (Å²) >= 11 is 0. The summed E-state index contributed by atoms with van der Waals surface area (Å²) in [6.07, 6.45) is 3.66. The van der Waals surface area contributed by atoms with E-state index in [1.807, 2.05) is 92.7 Å². The average Bonchev–Trinajstić information content (AvgIpc) is 3.83. The van der Waals surface area contributed by atoms with E-state index in [0.29, 0.717) is 30.5 Å². The predicted molar refractivity (Wildman–Crippen MR) is 206 cm³/mol. The Hall–Kier alpha value is -5.06. The van der Waals surface area contributed by atoms with Gasteiger partial charge in [-0.1, -0.05) is 84.9 Å². The average molecular weight is 734 g/mol. The van der Waals surface area contributed by atoms with Crippen molar-refractivity contribution in [2.24, 2.45) is 11.8 Å². The van der Waals surface area contributed by atoms with Gasteiger partial charge in [0.25, 0.3) is 5.91 Å². The van der Waals surface area contributed by atoms with Crippen LogP contribution in [0.1, 0.15) is 61.0 Å². The second-order valence-electron chi connectivity index (χ2n) is 14.8. The Morgan fingerprint density at radius 1 is 1.06 bits per heavy atom. The van der Waals surface area contributed by atoms with Gasteiger partial charge in [-0.2, -0.15) is 0 Å². The van der Waals surface area contributed by atoms with Crippen molar-refractivity contribution < 1.29 is 33.8 Å². The summed E-state index contributed by atoms with van der Waals surface area (Å²) in [5.74, 6) is -3.65. The lowest BCUT2D eigenvalue weighted by molar-refractivity contribution is -0.162. The summed E-state index contributed by atoms with van der Waals surface area (Å²) in [4.78, 5) is 60.7. The number of allylic oxidation sites excluding steroid dienone is 1. The van der Waals surface area contributed by atoms with Crippen molar-refractivity contribution in [1.29, 1.82) is 0 Å². The van der Waals surface area contributed by atoms with Gasteiger partial charge in [0.15, 0.2) is 0 Å². The molecule has 0 saturated carbocycles. The zero-order chi connectivity index (χ0) is 38.6. The molecule has 3 aliphatic heterocycles. The second-order valence-corrected chi connectivity index (χ2v) is 14.8. The van der Waals surface area contributed by atoms with Gasteiger partial charge in [0.1, 0.15) is 17.7 Å². The number of rotatable bonds is 16. The smallest absolute Gasteiger partial charge is 0.313 e. The first-order valence-electron chi connectivity index (χ1n) is 18.8. The van der Waals surface area contributed by atoms with Crippen LogP contribution in [0.4, 0.5) is 5.69 Å². The number of ether oxygens (including phenoxy) is 2. The van der Waals surface area contributed by atoms with Crippen LogP contribution in [0.25, 0.3) is 0 Å². The number of aryl methyl sites for hydroxylation is 2. The zero-order valence-electron chi connectivity index (χ0n) is 31.4. The summed E-state index contributed by atoms with van der Waals surface area (Å²) < 4.78 is 13.1. The van der Waals surface area contributed by atoms with Crippen molar-refractivity contribution in [1.82, 2.24) is 10.2 Å². The maximum atomic E-state index is 15.2. The van der Waals surface area contributed by atoms with Crippen molar-refractivity contribution >= 4 is 29.4 Å². The first-order valence-corrected chi connectivity index (χ1v) is 18.8. The van der Waals surface area contributed by atoms with Crippen molar-refractivity contribution in [2.75, 3.05) is 18.1 Å². The van der Waals surface area contributed by atoms with Crippen LogP contribution < -0.4 is 10.2 Å². The van der Waals surface area contributed by atoms with E-state index in [0.717, 1.165) is 16.7 Å². The van der Waals surface area contributed by atoms with E-state index in [9.17, 15) is 14.7 Å². The zero-order valence-corrected chi connectivity index (χ0v) is 31.4. The minimum absolute atomic E-state index is 0.176. The number of hydrogen-bond acceptors (Lipinski definition) is 7. The van der Waals surface area contributed by atoms with Gasteiger partial charge in [0.2, 0.25) is 11.8 Å². The van der Waals surface area contributed by atoms with Gasteiger partial charge < -0.3 is 29.7 Å². The molecule has 2 N–H and O–H groups in total. The van der Waals surface area contributed by atoms with Crippen LogP contribution in [0.2, 0.25) is 0 Å². The van der Waals surface area contributed by atoms with Gasteiger partial charge in [-0.25, -0.2) is 0 Å². The number of hydrogen-bond donors (Lipinski definition) is 2. The van der Waals surface area contributed by atoms with Crippen LogP contribution in [0.5, 0.6) is 0 Å². The lowest BCUT2D eigenvalue weighted by Gasteiger charge is -2.39. The monoisotopic (exact) mass is 733 g/mol. The van der Waals surface area contributed by atoms with E-state index in [1.54, 1.807) is 24.0 Å². The van der Waals surface area contributed by atoms with E-state index >= 15 is 9.59 Å². The number of fused-ring (bicyclic) bond motifs is 1. The molecule has 3 amide bonds. The number of anilines is 1. The van der Waals surface area contributed by atoms with Crippen LogP contribution >= 0.6 is 0 Å². The molecule has 3 fully saturated rings. The van der Waals surface area contributed by atoms with Crippen LogP contribution in [0.3, 0.4) is 0 Å². The fourth-order valence-corrected chi connectivity index (χ4v) is 8.70. The molecule has 54 heavy (non-hydrogen) atoms. The third kappa shape index (κ3) is 7.37. The SMILES string of the molecule is C=CCCC(=O)N[C@@H](C)[C@H](OC(=O)[C@@H]1[C@H]2C(=O)N([C@@H](CO)Cc3ccccc3)[C@H](C(=O)N(CC=C)c3cc(C)ccc3C)[C@]23CC[C@H]1O3)c1ccccc1. The Balaban J connectivity index is 1.39. The molecule has 0 aromatic heterocycles. The van der Waals surface area contributed by atoms with E-state index in [2.05, 4.69) is 18.5 Å². The summed E-state index contributed by atoms with van der Waals surface area (Å²) in [6.45, 7) is 13.1. The molecule has 3 aromatic rings. The van der Waals surface area contributed by atoms with E-state index < -0.39 is 66.3 Å². The number of nitrogens with zero attached hydrogens (tertiary/aromatic N) is 2. The number of nitrogens with one attached hydrogen (secondary N) is 1. The van der Waals surface area contributed by atoms with Crippen molar-refractivity contribution in [3.63, 3.8) is 0 Å². The third-order valence-corrected chi connectivity index (χ3v) is 11.2. The molecular formula is C44H51N3O7. The first kappa shape index (κ1) is 38.7. The Labute approximate surface area is 317 Å². The minimum atomic E-state index is -1.34. The molecule has 3 saturated heterocycles. The summed E-state index contributed by atoms with van der Waals surface area (Å²) in [5.41, 5.74) is 2.76. The highest BCUT2D eigenvalue weighted by Gasteiger charge is 2.75. The number of carbonyl (C=O) groups is 4. The second kappa shape index (κ2) is 16.5. The number of esters is 1. The molecule has 3 aliphatic rings. The van der Waals surface area contributed by atoms with Gasteiger partial charge in [0.05, 0.1) is 36.6 Å². The number of amides is 3. The number of aliphatic hydroxyl groups is 1. The van der Waals surface area contributed by atoms with Gasteiger partial charge in [-0.3, -0.25) is 19.2 Å². The standard InChI is InChI=1S/C44H51N3O7/c1-6-8-19-36(49)45-30(5)39(32-17-13-10-14-18-32)53-43(52)37-35-22-23-44(54-35)38(37)41(50)47(33(27-48)26-31-15-11-9-12-16-31)40(44)42(51)46(24-7-2)34-25-28(3)20-21-29(34)4/h6-7,9-18,20-21,25,30,33,35,37-40,48H,1-2,8,19,22-24,26-27H2,3-5H3,(H,45,49)/t30-,33+,35+,37-,38-,39-,40+,44-/m0/s1. The summed E-state index contributed by atoms with van der Waals surface area (Å²) in [6, 6.07) is 22.1. The normalized spacial score (nSPS) is 24.3. The molecule has 0 aliphatic carbocycles. The quantitative estimate of drug-likeness (QED) is 0.146. The largest absolute Gasteiger partial charge is 0.455 e. The van der Waals surface area contributed by atoms with Crippen LogP contribution in [-0.2, 0) is 35.1 Å². The van der Waals surface area contributed by atoms with Crippen molar-refractivity contribution in [2.45, 2.75) is 88.8 Å². The van der Waals surface area contributed by atoms with Gasteiger partial charge in [-0.05, 0) is 74.8 Å². The minimum Gasteiger partial charge on any atom is -0.455 e. The highest BCUT2D eigenvalue weighted by molar-refractivity contribution is 6.05. The molecule has 3 aromatic carbocycles. The molecule has 0 unspecified atom stereocenters. The highest BCUT2D eigenvalue weighted by atomic mass is 16.6. The summed E-state index contributed by atoms with van der Waals surface area (Å²) in [7, 11) is 0. The van der Waals surface area contributed by atoms with Gasteiger partial charge in [0, 0.05) is 18.7 Å². The number of benzene rings is 3. The molecule has 2 bridgehead atoms. The number of aliphatic hydroxyl groups excluding tert-OH is 1. The van der Waals surface area contributed by atoms with Crippen molar-refractivity contribution in [3.05, 3.63) is 126 Å². The predicted octanol–water partition coefficient (Wildman–Crippen LogP) is 5.56. The lowest BCUT2D eigenvalue weighted by Crippen LogP contribution is -2.59. The lowest BCUT2D eigenvalue weighted by atomic mass is 9.70. The Kier molecular flexibility index (Phi) is 11.8. The molecule has 1 spiro atoms. The summed E-state index contributed by atoms with van der Waals surface area (Å²) in [5, 5.41) is 13.9. The number of likely N-dealkylation sites (tertiary alicyclic amines) is 1. The highest BCUT2D eigenvalue weighted by Crippen LogP contribution is 2.59. The van der Waals surface area contributed by atoms with Crippen molar-refractivity contribution in [3.8, 4) is 0 Å². The molecule has 0 radical (unpaired) electrons. The molecule has 8 atom stereocenters. The molecule has 6 rings (SSSR count). The third-order valence-electron chi connectivity index (χ3n) is 11.2.